The second kappa shape index (κ2) is 3.90. The van der Waals surface area contributed by atoms with Gasteiger partial charge in [-0.15, -0.1) is 0 Å². The maximum absolute atomic E-state index is 6.12. The summed E-state index contributed by atoms with van der Waals surface area (Å²) >= 11 is 0. The number of hydrogen-bond acceptors (Lipinski definition) is 3. The number of rotatable bonds is 1. The monoisotopic (exact) mass is 260 g/mol. The molecule has 1 aromatic rings. The zero-order valence-electron chi connectivity index (χ0n) is 12.3. The van der Waals surface area contributed by atoms with Crippen molar-refractivity contribution in [2.24, 2.45) is 0 Å². The van der Waals surface area contributed by atoms with Gasteiger partial charge >= 0.3 is 7.12 Å². The second-order valence-corrected chi connectivity index (χ2v) is 6.45. The van der Waals surface area contributed by atoms with E-state index in [1.54, 1.807) is 0 Å². The van der Waals surface area contributed by atoms with Crippen molar-refractivity contribution in [3.8, 4) is 0 Å². The molecule has 3 rings (SSSR count). The molecule has 4 nitrogen and oxygen atoms in total. The van der Waals surface area contributed by atoms with Crippen LogP contribution in [0.4, 0.5) is 5.82 Å². The smallest absolute Gasteiger partial charge is 0.400 e. The molecule has 1 fully saturated rings. The fourth-order valence-corrected chi connectivity index (χ4v) is 2.56. The molecule has 2 aliphatic rings. The molecule has 0 bridgehead atoms. The number of H-pyrrole nitrogens is 1. The summed E-state index contributed by atoms with van der Waals surface area (Å²) in [6, 6.07) is 2.08. The molecule has 1 aromatic heterocycles. The minimum absolute atomic E-state index is 0.254. The first kappa shape index (κ1) is 12.8. The van der Waals surface area contributed by atoms with Crippen LogP contribution in [0, 0.1) is 0 Å². The molecular weight excluding hydrogens is 239 g/mol. The van der Waals surface area contributed by atoms with Crippen LogP contribution < -0.4 is 4.90 Å². The Labute approximate surface area is 114 Å². The van der Waals surface area contributed by atoms with Crippen molar-refractivity contribution in [3.05, 3.63) is 23.3 Å². The predicted molar refractivity (Wildman–Crippen MR) is 78.1 cm³/mol. The Bertz CT molecular complexity index is 517. The molecule has 0 spiro atoms. The van der Waals surface area contributed by atoms with Crippen LogP contribution in [0.25, 0.3) is 6.08 Å². The lowest BCUT2D eigenvalue weighted by Crippen LogP contribution is -2.41. The van der Waals surface area contributed by atoms with Gasteiger partial charge in [-0.2, -0.15) is 0 Å². The molecule has 5 heteroatoms. The van der Waals surface area contributed by atoms with Crippen LogP contribution in [0.3, 0.4) is 0 Å². The summed E-state index contributed by atoms with van der Waals surface area (Å²) in [7, 11) is 1.82. The van der Waals surface area contributed by atoms with E-state index in [0.29, 0.717) is 0 Å². The van der Waals surface area contributed by atoms with E-state index in [0.717, 1.165) is 12.4 Å². The van der Waals surface area contributed by atoms with E-state index in [9.17, 15) is 0 Å². The number of nitrogens with zero attached hydrogens (tertiary/aromatic N) is 1. The van der Waals surface area contributed by atoms with Gasteiger partial charge in [0.25, 0.3) is 0 Å². The Morgan fingerprint density at radius 2 is 1.84 bits per heavy atom. The first-order chi connectivity index (χ1) is 8.80. The number of likely N-dealkylation sites (N-methyl/N-ethyl adjacent to an activating group) is 1. The van der Waals surface area contributed by atoms with Gasteiger partial charge in [-0.05, 0) is 39.2 Å². The van der Waals surface area contributed by atoms with Gasteiger partial charge in [-0.25, -0.2) is 0 Å². The van der Waals surface area contributed by atoms with E-state index in [1.165, 1.54) is 11.0 Å². The number of anilines is 1. The van der Waals surface area contributed by atoms with Crippen LogP contribution in [0.5, 0.6) is 0 Å². The second-order valence-electron chi connectivity index (χ2n) is 6.45. The van der Waals surface area contributed by atoms with Crippen molar-refractivity contribution >= 4 is 19.0 Å². The largest absolute Gasteiger partial charge is 0.492 e. The standard InChI is InChI=1S/C14H21BN2O2/c1-13(2)14(3,4)19-15(18-13)11-8-10-6-7-16-12(10)17(5)9-11/h6-8,16H,9H2,1-5H3. The summed E-state index contributed by atoms with van der Waals surface area (Å²) in [5.41, 5.74) is 1.80. The maximum atomic E-state index is 6.12. The Morgan fingerprint density at radius 1 is 1.21 bits per heavy atom. The fourth-order valence-electron chi connectivity index (χ4n) is 2.56. The molecule has 102 valence electrons. The molecule has 0 atom stereocenters. The number of fused-ring (bicyclic) bond motifs is 1. The molecule has 0 aliphatic carbocycles. The van der Waals surface area contributed by atoms with Crippen LogP contribution in [-0.2, 0) is 9.31 Å². The lowest BCUT2D eigenvalue weighted by molar-refractivity contribution is 0.00578. The third-order valence-electron chi connectivity index (χ3n) is 4.45. The molecule has 0 amide bonds. The summed E-state index contributed by atoms with van der Waals surface area (Å²) in [5.74, 6) is 1.15. The SMILES string of the molecule is CN1CC(B2OC(C)(C)C(C)(C)O2)=Cc2cc[nH]c21. The van der Waals surface area contributed by atoms with E-state index in [4.69, 9.17) is 9.31 Å². The van der Waals surface area contributed by atoms with Crippen LogP contribution in [0.2, 0.25) is 0 Å². The van der Waals surface area contributed by atoms with E-state index in [2.05, 4.69) is 56.8 Å². The molecule has 2 aliphatic heterocycles. The van der Waals surface area contributed by atoms with Gasteiger partial charge in [0.1, 0.15) is 5.82 Å². The lowest BCUT2D eigenvalue weighted by Gasteiger charge is -2.32. The van der Waals surface area contributed by atoms with E-state index in [1.807, 2.05) is 6.20 Å². The molecule has 0 radical (unpaired) electrons. The van der Waals surface area contributed by atoms with E-state index < -0.39 is 0 Å². The highest BCUT2D eigenvalue weighted by Crippen LogP contribution is 2.40. The highest BCUT2D eigenvalue weighted by atomic mass is 16.7. The first-order valence-electron chi connectivity index (χ1n) is 6.75. The predicted octanol–water partition coefficient (Wildman–Crippen LogP) is 2.48. The number of aromatic amines is 1. The van der Waals surface area contributed by atoms with Crippen molar-refractivity contribution in [1.82, 2.24) is 4.98 Å². The Kier molecular flexibility index (Phi) is 2.63. The normalized spacial score (nSPS) is 24.4. The summed E-state index contributed by atoms with van der Waals surface area (Å²) < 4.78 is 12.2. The Hall–Kier alpha value is -1.20. The molecule has 19 heavy (non-hydrogen) atoms. The first-order valence-corrected chi connectivity index (χ1v) is 6.75. The summed E-state index contributed by atoms with van der Waals surface area (Å²) in [4.78, 5) is 5.44. The summed E-state index contributed by atoms with van der Waals surface area (Å²) in [6.45, 7) is 9.16. The topological polar surface area (TPSA) is 37.5 Å². The lowest BCUT2D eigenvalue weighted by atomic mass is 9.76. The minimum Gasteiger partial charge on any atom is -0.400 e. The molecule has 3 heterocycles. The number of nitrogens with one attached hydrogen (secondary N) is 1. The van der Waals surface area contributed by atoms with Gasteiger partial charge in [0.2, 0.25) is 0 Å². The van der Waals surface area contributed by atoms with Crippen molar-refractivity contribution < 1.29 is 9.31 Å². The number of aromatic nitrogens is 1. The quantitative estimate of drug-likeness (QED) is 0.788. The fraction of sp³-hybridized carbons (Fsp3) is 0.571. The van der Waals surface area contributed by atoms with Crippen molar-refractivity contribution in [2.75, 3.05) is 18.5 Å². The van der Waals surface area contributed by atoms with Gasteiger partial charge in [0.05, 0.1) is 11.2 Å². The highest BCUT2D eigenvalue weighted by molar-refractivity contribution is 6.56. The Balaban J connectivity index is 1.90. The molecule has 0 unspecified atom stereocenters. The van der Waals surface area contributed by atoms with Crippen molar-refractivity contribution in [1.29, 1.82) is 0 Å². The van der Waals surface area contributed by atoms with Crippen molar-refractivity contribution in [3.63, 3.8) is 0 Å². The van der Waals surface area contributed by atoms with Gasteiger partial charge < -0.3 is 19.2 Å². The molecule has 0 saturated carbocycles. The number of hydrogen-bond donors (Lipinski definition) is 1. The highest BCUT2D eigenvalue weighted by Gasteiger charge is 2.52. The van der Waals surface area contributed by atoms with Gasteiger partial charge in [0, 0.05) is 25.4 Å². The van der Waals surface area contributed by atoms with Gasteiger partial charge in [0.15, 0.2) is 0 Å². The molecule has 0 aromatic carbocycles. The molecule has 1 N–H and O–H groups in total. The summed E-state index contributed by atoms with van der Waals surface area (Å²) in [5, 5.41) is 0. The van der Waals surface area contributed by atoms with Crippen LogP contribution in [0.15, 0.2) is 17.7 Å². The van der Waals surface area contributed by atoms with Gasteiger partial charge in [-0.3, -0.25) is 0 Å². The van der Waals surface area contributed by atoms with Gasteiger partial charge in [-0.1, -0.05) is 6.08 Å². The zero-order chi connectivity index (χ0) is 13.8. The third kappa shape index (κ3) is 1.92. The average molecular weight is 260 g/mol. The minimum atomic E-state index is -0.282. The zero-order valence-corrected chi connectivity index (χ0v) is 12.3. The van der Waals surface area contributed by atoms with Crippen LogP contribution in [-0.4, -0.2) is 36.9 Å². The maximum Gasteiger partial charge on any atom is 0.492 e. The Morgan fingerprint density at radius 3 is 2.47 bits per heavy atom. The molecular formula is C14H21BN2O2. The third-order valence-corrected chi connectivity index (χ3v) is 4.45. The summed E-state index contributed by atoms with van der Waals surface area (Å²) in [6.07, 6.45) is 4.14. The average Bonchev–Trinajstić information content (AvgIpc) is 2.82. The van der Waals surface area contributed by atoms with Crippen LogP contribution in [0.1, 0.15) is 33.3 Å². The van der Waals surface area contributed by atoms with E-state index >= 15 is 0 Å². The van der Waals surface area contributed by atoms with E-state index in [-0.39, 0.29) is 18.3 Å². The van der Waals surface area contributed by atoms with Crippen molar-refractivity contribution in [2.45, 2.75) is 38.9 Å². The molecule has 1 saturated heterocycles. The van der Waals surface area contributed by atoms with Crippen LogP contribution >= 0.6 is 0 Å².